The third kappa shape index (κ3) is 2.76. The van der Waals surface area contributed by atoms with Gasteiger partial charge in [-0.05, 0) is 30.7 Å². The van der Waals surface area contributed by atoms with Crippen molar-refractivity contribution in [2.24, 2.45) is 0 Å². The van der Waals surface area contributed by atoms with Crippen LogP contribution in [0.1, 0.15) is 11.3 Å². The van der Waals surface area contributed by atoms with Gasteiger partial charge < -0.3 is 4.90 Å². The van der Waals surface area contributed by atoms with Crippen molar-refractivity contribution in [3.63, 3.8) is 0 Å². The fourth-order valence-electron chi connectivity index (χ4n) is 2.30. The molecule has 0 N–H and O–H groups in total. The van der Waals surface area contributed by atoms with Crippen molar-refractivity contribution in [1.82, 2.24) is 14.6 Å². The molecule has 0 bridgehead atoms. The summed E-state index contributed by atoms with van der Waals surface area (Å²) in [6, 6.07) is 6.71. The first-order valence-electron chi connectivity index (χ1n) is 6.50. The molecule has 0 spiro atoms. The molecule has 0 atom stereocenters. The van der Waals surface area contributed by atoms with Crippen LogP contribution in [0.5, 0.6) is 0 Å². The number of hydrogen-bond donors (Lipinski definition) is 0. The minimum absolute atomic E-state index is 0.250. The van der Waals surface area contributed by atoms with Crippen LogP contribution < -0.4 is 4.90 Å². The van der Waals surface area contributed by atoms with Gasteiger partial charge in [0.15, 0.2) is 5.82 Å². The normalized spacial score (nSPS) is 11.0. The summed E-state index contributed by atoms with van der Waals surface area (Å²) in [6.07, 6.45) is 3.55. The first-order valence-corrected chi connectivity index (χ1v) is 7.30. The second kappa shape index (κ2) is 5.44. The molecular formula is C15H14BrFN4. The average Bonchev–Trinajstić information content (AvgIpc) is 2.81. The van der Waals surface area contributed by atoms with Crippen LogP contribution in [-0.2, 0) is 6.54 Å². The third-order valence-corrected chi connectivity index (χ3v) is 4.01. The quantitative estimate of drug-likeness (QED) is 0.725. The number of fused-ring (bicyclic) bond motifs is 1. The second-order valence-electron chi connectivity index (χ2n) is 4.96. The van der Waals surface area contributed by atoms with Crippen molar-refractivity contribution in [2.45, 2.75) is 13.5 Å². The van der Waals surface area contributed by atoms with E-state index in [4.69, 9.17) is 0 Å². The maximum Gasteiger partial charge on any atom is 0.154 e. The molecule has 108 valence electrons. The largest absolute Gasteiger partial charge is 0.354 e. The molecule has 0 saturated carbocycles. The van der Waals surface area contributed by atoms with Gasteiger partial charge in [-0.2, -0.15) is 5.10 Å². The number of benzene rings is 1. The molecular weight excluding hydrogens is 335 g/mol. The highest BCUT2D eigenvalue weighted by Gasteiger charge is 2.12. The van der Waals surface area contributed by atoms with E-state index in [1.165, 1.54) is 12.1 Å². The van der Waals surface area contributed by atoms with Crippen LogP contribution >= 0.6 is 15.9 Å². The summed E-state index contributed by atoms with van der Waals surface area (Å²) in [5, 5.41) is 4.38. The lowest BCUT2D eigenvalue weighted by Gasteiger charge is -2.19. The van der Waals surface area contributed by atoms with Gasteiger partial charge in [0.2, 0.25) is 0 Å². The van der Waals surface area contributed by atoms with Crippen LogP contribution in [-0.4, -0.2) is 21.6 Å². The Morgan fingerprint density at radius 3 is 2.90 bits per heavy atom. The molecule has 0 aliphatic carbocycles. The molecule has 0 saturated heterocycles. The van der Waals surface area contributed by atoms with Crippen molar-refractivity contribution in [2.75, 3.05) is 11.9 Å². The molecule has 3 rings (SSSR count). The number of nitrogens with zero attached hydrogens (tertiary/aromatic N) is 4. The number of hydrogen-bond acceptors (Lipinski definition) is 3. The molecule has 2 heterocycles. The van der Waals surface area contributed by atoms with Crippen LogP contribution in [0.2, 0.25) is 0 Å². The Kier molecular flexibility index (Phi) is 3.63. The minimum atomic E-state index is -0.250. The van der Waals surface area contributed by atoms with Gasteiger partial charge in [-0.25, -0.2) is 13.9 Å². The number of halogens is 2. The monoisotopic (exact) mass is 348 g/mol. The van der Waals surface area contributed by atoms with Gasteiger partial charge in [0.25, 0.3) is 0 Å². The van der Waals surface area contributed by atoms with Gasteiger partial charge in [0.05, 0.1) is 5.69 Å². The number of aromatic nitrogens is 3. The maximum absolute atomic E-state index is 13.2. The van der Waals surface area contributed by atoms with E-state index in [0.717, 1.165) is 27.1 Å². The van der Waals surface area contributed by atoms with E-state index in [9.17, 15) is 4.39 Å². The molecule has 3 aromatic rings. The Morgan fingerprint density at radius 1 is 1.33 bits per heavy atom. The Hall–Kier alpha value is -1.95. The zero-order valence-corrected chi connectivity index (χ0v) is 13.3. The van der Waals surface area contributed by atoms with Crippen LogP contribution in [0.3, 0.4) is 0 Å². The van der Waals surface area contributed by atoms with E-state index in [-0.39, 0.29) is 5.82 Å². The highest BCUT2D eigenvalue weighted by molar-refractivity contribution is 9.10. The van der Waals surface area contributed by atoms with Gasteiger partial charge >= 0.3 is 0 Å². The molecule has 1 aromatic carbocycles. The van der Waals surface area contributed by atoms with Crippen LogP contribution in [0, 0.1) is 12.7 Å². The predicted octanol–water partition coefficient (Wildman–Crippen LogP) is 3.58. The zero-order valence-electron chi connectivity index (χ0n) is 11.7. The van der Waals surface area contributed by atoms with Crippen LogP contribution in [0.4, 0.5) is 10.2 Å². The Bertz CT molecular complexity index is 799. The summed E-state index contributed by atoms with van der Waals surface area (Å²) in [5.74, 6) is 0.592. The Balaban J connectivity index is 1.95. The van der Waals surface area contributed by atoms with Crippen molar-refractivity contribution >= 4 is 27.3 Å². The fourth-order valence-corrected chi connectivity index (χ4v) is 2.78. The van der Waals surface area contributed by atoms with Gasteiger partial charge in [-0.1, -0.05) is 22.0 Å². The smallest absolute Gasteiger partial charge is 0.154 e. The van der Waals surface area contributed by atoms with Crippen LogP contribution in [0.25, 0.3) is 5.52 Å². The first-order chi connectivity index (χ1) is 10.0. The van der Waals surface area contributed by atoms with Gasteiger partial charge in [-0.3, -0.25) is 0 Å². The van der Waals surface area contributed by atoms with Crippen LogP contribution in [0.15, 0.2) is 41.1 Å². The average molecular weight is 349 g/mol. The number of anilines is 1. The fraction of sp³-hybridized carbons (Fsp3) is 0.200. The molecule has 4 nitrogen and oxygen atoms in total. The van der Waals surface area contributed by atoms with Crippen molar-refractivity contribution < 1.29 is 4.39 Å². The molecule has 0 unspecified atom stereocenters. The van der Waals surface area contributed by atoms with Gasteiger partial charge in [0.1, 0.15) is 11.3 Å². The lowest BCUT2D eigenvalue weighted by Crippen LogP contribution is -2.19. The summed E-state index contributed by atoms with van der Waals surface area (Å²) in [5.41, 5.74) is 2.90. The lowest BCUT2D eigenvalue weighted by atomic mass is 10.2. The SMILES string of the molecule is Cc1cc2c(N(C)Cc3ccc(F)cc3Br)nccn2n1. The topological polar surface area (TPSA) is 33.4 Å². The minimum Gasteiger partial charge on any atom is -0.354 e. The van der Waals surface area contributed by atoms with Gasteiger partial charge in [0, 0.05) is 30.5 Å². The van der Waals surface area contributed by atoms with E-state index in [0.29, 0.717) is 6.54 Å². The van der Waals surface area contributed by atoms with Crippen molar-refractivity contribution in [1.29, 1.82) is 0 Å². The lowest BCUT2D eigenvalue weighted by molar-refractivity contribution is 0.625. The third-order valence-electron chi connectivity index (χ3n) is 3.28. The Labute approximate surface area is 130 Å². The number of aryl methyl sites for hydroxylation is 1. The van der Waals surface area contributed by atoms with Gasteiger partial charge in [-0.15, -0.1) is 0 Å². The molecule has 2 aromatic heterocycles. The first kappa shape index (κ1) is 14.0. The summed E-state index contributed by atoms with van der Waals surface area (Å²) in [4.78, 5) is 6.46. The van der Waals surface area contributed by atoms with E-state index in [1.807, 2.05) is 35.6 Å². The van der Waals surface area contributed by atoms with E-state index in [1.54, 1.807) is 12.3 Å². The predicted molar refractivity (Wildman–Crippen MR) is 83.9 cm³/mol. The zero-order chi connectivity index (χ0) is 15.0. The molecule has 21 heavy (non-hydrogen) atoms. The maximum atomic E-state index is 13.2. The molecule has 0 aliphatic rings. The summed E-state index contributed by atoms with van der Waals surface area (Å²) < 4.78 is 15.7. The van der Waals surface area contributed by atoms with Crippen molar-refractivity contribution in [3.05, 3.63) is 58.2 Å². The Morgan fingerprint density at radius 2 is 2.14 bits per heavy atom. The molecule has 0 fully saturated rings. The summed E-state index contributed by atoms with van der Waals surface area (Å²) in [6.45, 7) is 2.57. The number of rotatable bonds is 3. The second-order valence-corrected chi connectivity index (χ2v) is 5.81. The molecule has 0 radical (unpaired) electrons. The standard InChI is InChI=1S/C15H14BrFN4/c1-10-7-14-15(18-5-6-21(14)19-10)20(2)9-11-3-4-12(17)8-13(11)16/h3-8H,9H2,1-2H3. The molecule has 0 aliphatic heterocycles. The molecule has 6 heteroatoms. The highest BCUT2D eigenvalue weighted by Crippen LogP contribution is 2.24. The van der Waals surface area contributed by atoms with E-state index < -0.39 is 0 Å². The van der Waals surface area contributed by atoms with Crippen molar-refractivity contribution in [3.8, 4) is 0 Å². The van der Waals surface area contributed by atoms with E-state index in [2.05, 4.69) is 26.0 Å². The highest BCUT2D eigenvalue weighted by atomic mass is 79.9. The summed E-state index contributed by atoms with van der Waals surface area (Å²) in [7, 11) is 1.96. The molecule has 0 amide bonds. The van der Waals surface area contributed by atoms with E-state index >= 15 is 0 Å². The summed E-state index contributed by atoms with van der Waals surface area (Å²) >= 11 is 3.40.